The minimum Gasteiger partial charge on any atom is -0.497 e. The molecule has 1 aromatic carbocycles. The van der Waals surface area contributed by atoms with E-state index in [0.717, 1.165) is 43.5 Å². The van der Waals surface area contributed by atoms with Gasteiger partial charge in [0.2, 0.25) is 0 Å². The van der Waals surface area contributed by atoms with Crippen LogP contribution in [0.4, 0.5) is 0 Å². The van der Waals surface area contributed by atoms with E-state index in [1.807, 2.05) is 12.1 Å². The van der Waals surface area contributed by atoms with Crippen molar-refractivity contribution in [3.8, 4) is 11.5 Å². The maximum atomic E-state index is 6.11. The lowest BCUT2D eigenvalue weighted by Crippen LogP contribution is -2.18. The molecule has 0 aliphatic heterocycles. The Morgan fingerprint density at radius 2 is 2.00 bits per heavy atom. The van der Waals surface area contributed by atoms with Gasteiger partial charge in [0.25, 0.3) is 0 Å². The van der Waals surface area contributed by atoms with Crippen LogP contribution in [-0.4, -0.2) is 20.3 Å². The molecule has 0 radical (unpaired) electrons. The quantitative estimate of drug-likeness (QED) is 0.730. The topological polar surface area (TPSA) is 30.5 Å². The Hall–Kier alpha value is -1.22. The minimum atomic E-state index is 0.734. The number of ether oxygens (including phenoxy) is 2. The molecule has 21 heavy (non-hydrogen) atoms. The number of methoxy groups -OCH3 is 1. The lowest BCUT2D eigenvalue weighted by molar-refractivity contribution is 0.207. The molecule has 3 nitrogen and oxygen atoms in total. The first kappa shape index (κ1) is 16.2. The van der Waals surface area contributed by atoms with Crippen molar-refractivity contribution in [2.24, 2.45) is 5.92 Å². The number of hydrogen-bond acceptors (Lipinski definition) is 3. The molecule has 1 saturated carbocycles. The molecule has 1 aliphatic rings. The molecule has 0 heterocycles. The fourth-order valence-corrected chi connectivity index (χ4v) is 2.92. The van der Waals surface area contributed by atoms with Crippen LogP contribution in [0.1, 0.15) is 51.0 Å². The molecule has 0 amide bonds. The summed E-state index contributed by atoms with van der Waals surface area (Å²) in [4.78, 5) is 0. The van der Waals surface area contributed by atoms with E-state index in [9.17, 15) is 0 Å². The molecule has 0 aromatic heterocycles. The highest BCUT2D eigenvalue weighted by Gasteiger charge is 2.15. The summed E-state index contributed by atoms with van der Waals surface area (Å²) in [6.07, 6.45) is 7.90. The fraction of sp³-hybridized carbons (Fsp3) is 0.667. The lowest BCUT2D eigenvalue weighted by Gasteiger charge is -2.22. The van der Waals surface area contributed by atoms with E-state index in [-0.39, 0.29) is 0 Å². The summed E-state index contributed by atoms with van der Waals surface area (Å²) < 4.78 is 11.4. The second-order valence-electron chi connectivity index (χ2n) is 5.97. The van der Waals surface area contributed by atoms with Gasteiger partial charge in [-0.25, -0.2) is 0 Å². The Labute approximate surface area is 129 Å². The monoisotopic (exact) mass is 291 g/mol. The van der Waals surface area contributed by atoms with E-state index in [1.54, 1.807) is 7.11 Å². The molecule has 0 unspecified atom stereocenters. The first-order valence-electron chi connectivity index (χ1n) is 8.34. The number of benzene rings is 1. The summed E-state index contributed by atoms with van der Waals surface area (Å²) in [6.45, 7) is 4.90. The van der Waals surface area contributed by atoms with Gasteiger partial charge in [-0.2, -0.15) is 0 Å². The molecule has 0 spiro atoms. The average Bonchev–Trinajstić information content (AvgIpc) is 2.54. The third-order valence-corrected chi connectivity index (χ3v) is 4.21. The van der Waals surface area contributed by atoms with Crippen LogP contribution >= 0.6 is 0 Å². The molecular formula is C18H29NO2. The van der Waals surface area contributed by atoms with Crippen LogP contribution in [0, 0.1) is 5.92 Å². The molecule has 0 saturated heterocycles. The number of nitrogens with one attached hydrogen (secondary N) is 1. The Morgan fingerprint density at radius 3 is 2.71 bits per heavy atom. The Bertz CT molecular complexity index is 414. The molecule has 1 fully saturated rings. The van der Waals surface area contributed by atoms with Gasteiger partial charge in [-0.3, -0.25) is 0 Å². The number of hydrogen-bond donors (Lipinski definition) is 1. The standard InChI is InChI=1S/C18H29NO2/c1-3-11-19-13-16-12-17(20-2)9-10-18(16)21-14-15-7-5-4-6-8-15/h9-10,12,15,19H,3-8,11,13-14H2,1-2H3. The van der Waals surface area contributed by atoms with Crippen molar-refractivity contribution in [1.82, 2.24) is 5.32 Å². The van der Waals surface area contributed by atoms with Crippen molar-refractivity contribution >= 4 is 0 Å². The van der Waals surface area contributed by atoms with Crippen LogP contribution in [0.3, 0.4) is 0 Å². The van der Waals surface area contributed by atoms with E-state index in [2.05, 4.69) is 18.3 Å². The highest BCUT2D eigenvalue weighted by Crippen LogP contribution is 2.28. The second-order valence-corrected chi connectivity index (χ2v) is 5.97. The zero-order valence-corrected chi connectivity index (χ0v) is 13.5. The van der Waals surface area contributed by atoms with E-state index in [0.29, 0.717) is 0 Å². The first-order valence-corrected chi connectivity index (χ1v) is 8.34. The third-order valence-electron chi connectivity index (χ3n) is 4.21. The lowest BCUT2D eigenvalue weighted by atomic mass is 9.90. The average molecular weight is 291 g/mol. The summed E-state index contributed by atoms with van der Waals surface area (Å²) in [7, 11) is 1.71. The van der Waals surface area contributed by atoms with Gasteiger partial charge in [-0.1, -0.05) is 26.2 Å². The van der Waals surface area contributed by atoms with Crippen molar-refractivity contribution in [2.75, 3.05) is 20.3 Å². The van der Waals surface area contributed by atoms with Gasteiger partial charge < -0.3 is 14.8 Å². The van der Waals surface area contributed by atoms with Gasteiger partial charge in [-0.05, 0) is 49.9 Å². The van der Waals surface area contributed by atoms with Crippen molar-refractivity contribution in [1.29, 1.82) is 0 Å². The third kappa shape index (κ3) is 5.24. The molecule has 0 atom stereocenters. The smallest absolute Gasteiger partial charge is 0.124 e. The van der Waals surface area contributed by atoms with Gasteiger partial charge in [0, 0.05) is 12.1 Å². The van der Waals surface area contributed by atoms with E-state index < -0.39 is 0 Å². The summed E-state index contributed by atoms with van der Waals surface area (Å²) in [5, 5.41) is 3.45. The Balaban J connectivity index is 1.95. The molecule has 1 aliphatic carbocycles. The highest BCUT2D eigenvalue weighted by atomic mass is 16.5. The SMILES string of the molecule is CCCNCc1cc(OC)ccc1OCC1CCCCC1. The first-order chi connectivity index (χ1) is 10.3. The summed E-state index contributed by atoms with van der Waals surface area (Å²) in [6, 6.07) is 6.11. The highest BCUT2D eigenvalue weighted by molar-refractivity contribution is 5.40. The van der Waals surface area contributed by atoms with Crippen molar-refractivity contribution in [2.45, 2.75) is 52.0 Å². The fourth-order valence-electron chi connectivity index (χ4n) is 2.92. The normalized spacial score (nSPS) is 15.9. The maximum absolute atomic E-state index is 6.11. The van der Waals surface area contributed by atoms with E-state index in [1.165, 1.54) is 37.7 Å². The van der Waals surface area contributed by atoms with Gasteiger partial charge in [0.15, 0.2) is 0 Å². The van der Waals surface area contributed by atoms with Crippen LogP contribution < -0.4 is 14.8 Å². The van der Waals surface area contributed by atoms with Gasteiger partial charge in [0.05, 0.1) is 13.7 Å². The zero-order valence-electron chi connectivity index (χ0n) is 13.5. The van der Waals surface area contributed by atoms with Crippen LogP contribution in [-0.2, 0) is 6.54 Å². The summed E-state index contributed by atoms with van der Waals surface area (Å²) in [5.74, 6) is 2.63. The Morgan fingerprint density at radius 1 is 1.19 bits per heavy atom. The van der Waals surface area contributed by atoms with Crippen LogP contribution in [0.2, 0.25) is 0 Å². The molecule has 2 rings (SSSR count). The van der Waals surface area contributed by atoms with Crippen LogP contribution in [0.5, 0.6) is 11.5 Å². The van der Waals surface area contributed by atoms with E-state index >= 15 is 0 Å². The minimum absolute atomic E-state index is 0.734. The van der Waals surface area contributed by atoms with E-state index in [4.69, 9.17) is 9.47 Å². The summed E-state index contributed by atoms with van der Waals surface area (Å²) >= 11 is 0. The van der Waals surface area contributed by atoms with Crippen LogP contribution in [0.15, 0.2) is 18.2 Å². The molecule has 118 valence electrons. The molecule has 1 N–H and O–H groups in total. The van der Waals surface area contributed by atoms with Gasteiger partial charge in [0.1, 0.15) is 11.5 Å². The summed E-state index contributed by atoms with van der Waals surface area (Å²) in [5.41, 5.74) is 1.19. The second kappa shape index (κ2) is 8.93. The van der Waals surface area contributed by atoms with Crippen molar-refractivity contribution < 1.29 is 9.47 Å². The predicted octanol–water partition coefficient (Wildman–Crippen LogP) is 4.15. The molecule has 0 bridgehead atoms. The van der Waals surface area contributed by atoms with Crippen LogP contribution in [0.25, 0.3) is 0 Å². The zero-order chi connectivity index (χ0) is 14.9. The molecule has 3 heteroatoms. The Kier molecular flexibility index (Phi) is 6.87. The van der Waals surface area contributed by atoms with Gasteiger partial charge >= 0.3 is 0 Å². The largest absolute Gasteiger partial charge is 0.497 e. The van der Waals surface area contributed by atoms with Crippen molar-refractivity contribution in [3.05, 3.63) is 23.8 Å². The number of rotatable bonds is 8. The predicted molar refractivity (Wildman–Crippen MR) is 87.1 cm³/mol. The maximum Gasteiger partial charge on any atom is 0.124 e. The molecular weight excluding hydrogens is 262 g/mol. The van der Waals surface area contributed by atoms with Crippen molar-refractivity contribution in [3.63, 3.8) is 0 Å². The van der Waals surface area contributed by atoms with Gasteiger partial charge in [-0.15, -0.1) is 0 Å². The molecule has 1 aromatic rings.